The number of nitrogens with two attached hydrogens (primary N) is 1. The van der Waals surface area contributed by atoms with Gasteiger partial charge in [-0.05, 0) is 24.3 Å². The molecule has 2 N–H and O–H groups in total. The normalized spacial score (nSPS) is 21.5. The fourth-order valence-corrected chi connectivity index (χ4v) is 3.09. The first kappa shape index (κ1) is 17.0. The maximum atomic E-state index is 12.6. The average molecular weight is 303 g/mol. The zero-order valence-corrected chi connectivity index (χ0v) is 14.1. The van der Waals surface area contributed by atoms with Crippen molar-refractivity contribution in [1.82, 2.24) is 9.80 Å². The Morgan fingerprint density at radius 1 is 1.36 bits per heavy atom. The standard InChI is InChI=1S/C18H29N3O/c1-4-21(12-15-8-6-5-7-9-15)17(22)13-20-11-10-16(19)18(2,3)14-20/h5-9,16H,4,10-14,19H2,1-3H3. The van der Waals surface area contributed by atoms with Crippen LogP contribution in [0.3, 0.4) is 0 Å². The highest BCUT2D eigenvalue weighted by molar-refractivity contribution is 5.78. The molecule has 0 aromatic heterocycles. The van der Waals surface area contributed by atoms with Gasteiger partial charge in [-0.15, -0.1) is 0 Å². The molecule has 22 heavy (non-hydrogen) atoms. The van der Waals surface area contributed by atoms with Gasteiger partial charge in [-0.2, -0.15) is 0 Å². The van der Waals surface area contributed by atoms with Crippen molar-refractivity contribution in [2.24, 2.45) is 11.1 Å². The molecule has 1 heterocycles. The Labute approximate surface area is 134 Å². The lowest BCUT2D eigenvalue weighted by Gasteiger charge is -2.42. The number of carbonyl (C=O) groups excluding carboxylic acids is 1. The zero-order valence-electron chi connectivity index (χ0n) is 14.1. The summed E-state index contributed by atoms with van der Waals surface area (Å²) in [5, 5.41) is 0. The minimum absolute atomic E-state index is 0.0784. The lowest BCUT2D eigenvalue weighted by atomic mass is 9.80. The van der Waals surface area contributed by atoms with Crippen LogP contribution in [0.15, 0.2) is 30.3 Å². The number of likely N-dealkylation sites (N-methyl/N-ethyl adjacent to an activating group) is 1. The van der Waals surface area contributed by atoms with Crippen molar-refractivity contribution < 1.29 is 4.79 Å². The number of amides is 1. The van der Waals surface area contributed by atoms with Crippen molar-refractivity contribution in [3.63, 3.8) is 0 Å². The second-order valence-electron chi connectivity index (χ2n) is 6.99. The van der Waals surface area contributed by atoms with E-state index in [0.29, 0.717) is 13.1 Å². The van der Waals surface area contributed by atoms with Crippen LogP contribution >= 0.6 is 0 Å². The van der Waals surface area contributed by atoms with E-state index >= 15 is 0 Å². The van der Waals surface area contributed by atoms with E-state index in [-0.39, 0.29) is 17.4 Å². The van der Waals surface area contributed by atoms with E-state index in [1.54, 1.807) is 0 Å². The summed E-state index contributed by atoms with van der Waals surface area (Å²) in [4.78, 5) is 16.8. The summed E-state index contributed by atoms with van der Waals surface area (Å²) < 4.78 is 0. The highest BCUT2D eigenvalue weighted by atomic mass is 16.2. The summed E-state index contributed by atoms with van der Waals surface area (Å²) in [6, 6.07) is 10.4. The number of hydrogen-bond donors (Lipinski definition) is 1. The van der Waals surface area contributed by atoms with Crippen LogP contribution in [-0.4, -0.2) is 47.9 Å². The van der Waals surface area contributed by atoms with Gasteiger partial charge in [0.2, 0.25) is 5.91 Å². The first-order chi connectivity index (χ1) is 10.4. The Balaban J connectivity index is 1.92. The summed E-state index contributed by atoms with van der Waals surface area (Å²) in [7, 11) is 0. The largest absolute Gasteiger partial charge is 0.338 e. The predicted octanol–water partition coefficient (Wildman–Crippen LogP) is 2.09. The molecule has 1 unspecified atom stereocenters. The zero-order chi connectivity index (χ0) is 16.2. The summed E-state index contributed by atoms with van der Waals surface area (Å²) in [5.41, 5.74) is 7.43. The first-order valence-electron chi connectivity index (χ1n) is 8.22. The molecule has 1 saturated heterocycles. The maximum absolute atomic E-state index is 12.6. The van der Waals surface area contributed by atoms with Crippen LogP contribution in [-0.2, 0) is 11.3 Å². The molecular formula is C18H29N3O. The van der Waals surface area contributed by atoms with Crippen molar-refractivity contribution in [2.45, 2.75) is 39.8 Å². The fourth-order valence-electron chi connectivity index (χ4n) is 3.09. The van der Waals surface area contributed by atoms with E-state index in [0.717, 1.165) is 26.1 Å². The first-order valence-corrected chi connectivity index (χ1v) is 8.22. The third-order valence-electron chi connectivity index (χ3n) is 4.70. The van der Waals surface area contributed by atoms with Gasteiger partial charge in [0.1, 0.15) is 0 Å². The molecular weight excluding hydrogens is 274 g/mol. The second kappa shape index (κ2) is 7.25. The van der Waals surface area contributed by atoms with Crippen LogP contribution in [0.2, 0.25) is 0 Å². The second-order valence-corrected chi connectivity index (χ2v) is 6.99. The van der Waals surface area contributed by atoms with Crippen LogP contribution < -0.4 is 5.73 Å². The Bertz CT molecular complexity index is 486. The van der Waals surface area contributed by atoms with Gasteiger partial charge < -0.3 is 10.6 Å². The van der Waals surface area contributed by atoms with Crippen molar-refractivity contribution >= 4 is 5.91 Å². The summed E-state index contributed by atoms with van der Waals surface area (Å²) in [6.07, 6.45) is 0.963. The monoisotopic (exact) mass is 303 g/mol. The molecule has 1 aliphatic rings. The molecule has 1 aromatic carbocycles. The lowest BCUT2D eigenvalue weighted by molar-refractivity contribution is -0.133. The summed E-state index contributed by atoms with van der Waals surface area (Å²) >= 11 is 0. The highest BCUT2D eigenvalue weighted by Gasteiger charge is 2.34. The highest BCUT2D eigenvalue weighted by Crippen LogP contribution is 2.27. The number of benzene rings is 1. The molecule has 1 atom stereocenters. The van der Waals surface area contributed by atoms with Crippen molar-refractivity contribution in [2.75, 3.05) is 26.2 Å². The molecule has 0 aliphatic carbocycles. The Morgan fingerprint density at radius 3 is 2.64 bits per heavy atom. The third-order valence-corrected chi connectivity index (χ3v) is 4.70. The number of likely N-dealkylation sites (tertiary alicyclic amines) is 1. The SMILES string of the molecule is CCN(Cc1ccccc1)C(=O)CN1CCC(N)C(C)(C)C1. The van der Waals surface area contributed by atoms with E-state index < -0.39 is 0 Å². The van der Waals surface area contributed by atoms with Crippen LogP contribution in [0.4, 0.5) is 0 Å². The van der Waals surface area contributed by atoms with Gasteiger partial charge in [0.15, 0.2) is 0 Å². The Hall–Kier alpha value is -1.39. The predicted molar refractivity (Wildman–Crippen MR) is 90.3 cm³/mol. The van der Waals surface area contributed by atoms with Crippen LogP contribution in [0, 0.1) is 5.41 Å². The number of nitrogens with zero attached hydrogens (tertiary/aromatic N) is 2. The molecule has 0 saturated carbocycles. The molecule has 4 nitrogen and oxygen atoms in total. The van der Waals surface area contributed by atoms with Gasteiger partial charge in [0.25, 0.3) is 0 Å². The quantitative estimate of drug-likeness (QED) is 0.906. The van der Waals surface area contributed by atoms with E-state index in [2.05, 4.69) is 30.9 Å². The fraction of sp³-hybridized carbons (Fsp3) is 0.611. The molecule has 2 rings (SSSR count). The Morgan fingerprint density at radius 2 is 2.05 bits per heavy atom. The van der Waals surface area contributed by atoms with Crippen molar-refractivity contribution in [1.29, 1.82) is 0 Å². The van der Waals surface area contributed by atoms with Gasteiger partial charge >= 0.3 is 0 Å². The van der Waals surface area contributed by atoms with E-state index in [9.17, 15) is 4.79 Å². The molecule has 4 heteroatoms. The molecule has 122 valence electrons. The molecule has 1 amide bonds. The van der Waals surface area contributed by atoms with Crippen LogP contribution in [0.25, 0.3) is 0 Å². The van der Waals surface area contributed by atoms with Gasteiger partial charge in [0, 0.05) is 32.2 Å². The Kier molecular flexibility index (Phi) is 5.59. The number of rotatable bonds is 5. The molecule has 0 spiro atoms. The van der Waals surface area contributed by atoms with Gasteiger partial charge in [0.05, 0.1) is 6.54 Å². The van der Waals surface area contributed by atoms with E-state index in [1.807, 2.05) is 30.0 Å². The van der Waals surface area contributed by atoms with E-state index in [1.165, 1.54) is 5.56 Å². The maximum Gasteiger partial charge on any atom is 0.237 e. The van der Waals surface area contributed by atoms with Crippen molar-refractivity contribution in [3.05, 3.63) is 35.9 Å². The minimum Gasteiger partial charge on any atom is -0.338 e. The van der Waals surface area contributed by atoms with Gasteiger partial charge in [-0.25, -0.2) is 0 Å². The molecule has 1 fully saturated rings. The van der Waals surface area contributed by atoms with E-state index in [4.69, 9.17) is 5.73 Å². The molecule has 0 bridgehead atoms. The topological polar surface area (TPSA) is 49.6 Å². The number of piperidine rings is 1. The minimum atomic E-state index is 0.0784. The van der Waals surface area contributed by atoms with Gasteiger partial charge in [-0.1, -0.05) is 44.2 Å². The molecule has 1 aromatic rings. The summed E-state index contributed by atoms with van der Waals surface area (Å²) in [6.45, 7) is 10.2. The smallest absolute Gasteiger partial charge is 0.237 e. The average Bonchev–Trinajstić information content (AvgIpc) is 2.49. The van der Waals surface area contributed by atoms with Crippen molar-refractivity contribution in [3.8, 4) is 0 Å². The molecule has 1 aliphatic heterocycles. The molecule has 0 radical (unpaired) electrons. The number of carbonyl (C=O) groups is 1. The van der Waals surface area contributed by atoms with Crippen LogP contribution in [0.1, 0.15) is 32.8 Å². The number of hydrogen-bond acceptors (Lipinski definition) is 3. The lowest BCUT2D eigenvalue weighted by Crippen LogP contribution is -2.54. The third kappa shape index (κ3) is 4.31. The van der Waals surface area contributed by atoms with Crippen LogP contribution in [0.5, 0.6) is 0 Å². The van der Waals surface area contributed by atoms with Gasteiger partial charge in [-0.3, -0.25) is 9.69 Å². The summed E-state index contributed by atoms with van der Waals surface area (Å²) in [5.74, 6) is 0.206.